The van der Waals surface area contributed by atoms with Crippen molar-refractivity contribution in [1.82, 2.24) is 0 Å². The molecule has 0 heterocycles. The van der Waals surface area contributed by atoms with E-state index in [1.54, 1.807) is 0 Å². The summed E-state index contributed by atoms with van der Waals surface area (Å²) in [5.74, 6) is -0.692. The van der Waals surface area contributed by atoms with E-state index in [4.69, 9.17) is 0 Å². The SMILES string of the molecule is CC=CCC1(C(=O)O)CCCc2ccccc21. The molecule has 0 aliphatic heterocycles. The van der Waals surface area contributed by atoms with Gasteiger partial charge in [0.25, 0.3) is 0 Å². The predicted molar refractivity (Wildman–Crippen MR) is 68.1 cm³/mol. The second-order valence-electron chi connectivity index (χ2n) is 4.67. The van der Waals surface area contributed by atoms with Crippen molar-refractivity contribution >= 4 is 5.97 Å². The lowest BCUT2D eigenvalue weighted by atomic mass is 9.68. The van der Waals surface area contributed by atoms with E-state index in [9.17, 15) is 9.90 Å². The molecular weight excluding hydrogens is 212 g/mol. The highest BCUT2D eigenvalue weighted by molar-refractivity contribution is 5.82. The van der Waals surface area contributed by atoms with Crippen LogP contribution in [0.2, 0.25) is 0 Å². The van der Waals surface area contributed by atoms with Gasteiger partial charge in [-0.15, -0.1) is 0 Å². The van der Waals surface area contributed by atoms with Gasteiger partial charge >= 0.3 is 5.97 Å². The third kappa shape index (κ3) is 1.99. The zero-order valence-corrected chi connectivity index (χ0v) is 10.1. The van der Waals surface area contributed by atoms with Crippen molar-refractivity contribution in [2.24, 2.45) is 0 Å². The van der Waals surface area contributed by atoms with E-state index in [0.717, 1.165) is 24.8 Å². The minimum absolute atomic E-state index is 0.593. The van der Waals surface area contributed by atoms with Gasteiger partial charge in [0.1, 0.15) is 0 Å². The average Bonchev–Trinajstić information content (AvgIpc) is 2.36. The van der Waals surface area contributed by atoms with Gasteiger partial charge in [-0.2, -0.15) is 0 Å². The Morgan fingerprint density at radius 3 is 2.94 bits per heavy atom. The van der Waals surface area contributed by atoms with Crippen molar-refractivity contribution < 1.29 is 9.90 Å². The molecule has 1 unspecified atom stereocenters. The Morgan fingerprint density at radius 2 is 2.24 bits per heavy atom. The fourth-order valence-electron chi connectivity index (χ4n) is 2.76. The van der Waals surface area contributed by atoms with Gasteiger partial charge in [0.2, 0.25) is 0 Å². The summed E-state index contributed by atoms with van der Waals surface area (Å²) >= 11 is 0. The molecule has 0 amide bonds. The van der Waals surface area contributed by atoms with Crippen molar-refractivity contribution in [3.63, 3.8) is 0 Å². The summed E-state index contributed by atoms with van der Waals surface area (Å²) in [6, 6.07) is 7.97. The van der Waals surface area contributed by atoms with Crippen molar-refractivity contribution in [3.8, 4) is 0 Å². The Labute approximate surface area is 102 Å². The lowest BCUT2D eigenvalue weighted by Gasteiger charge is -2.34. The van der Waals surface area contributed by atoms with Crippen molar-refractivity contribution in [2.45, 2.75) is 38.0 Å². The van der Waals surface area contributed by atoms with Crippen molar-refractivity contribution in [3.05, 3.63) is 47.5 Å². The van der Waals surface area contributed by atoms with Crippen LogP contribution in [0.15, 0.2) is 36.4 Å². The van der Waals surface area contributed by atoms with Crippen LogP contribution in [0.1, 0.15) is 37.3 Å². The molecule has 0 bridgehead atoms. The molecule has 90 valence electrons. The van der Waals surface area contributed by atoms with Gasteiger partial charge in [-0.05, 0) is 43.7 Å². The Kier molecular flexibility index (Phi) is 3.32. The monoisotopic (exact) mass is 230 g/mol. The number of fused-ring (bicyclic) bond motifs is 1. The molecule has 0 fully saturated rings. The van der Waals surface area contributed by atoms with E-state index < -0.39 is 11.4 Å². The minimum atomic E-state index is -0.707. The molecule has 0 saturated heterocycles. The lowest BCUT2D eigenvalue weighted by molar-refractivity contribution is -0.144. The van der Waals surface area contributed by atoms with Crippen LogP contribution in [0.5, 0.6) is 0 Å². The van der Waals surface area contributed by atoms with E-state index in [2.05, 4.69) is 6.07 Å². The number of allylic oxidation sites excluding steroid dienone is 2. The molecule has 1 aromatic carbocycles. The van der Waals surface area contributed by atoms with E-state index in [0.29, 0.717) is 6.42 Å². The fraction of sp³-hybridized carbons (Fsp3) is 0.400. The topological polar surface area (TPSA) is 37.3 Å². The third-order valence-electron chi connectivity index (χ3n) is 3.69. The molecule has 1 atom stereocenters. The second-order valence-corrected chi connectivity index (χ2v) is 4.67. The Morgan fingerprint density at radius 1 is 1.47 bits per heavy atom. The summed E-state index contributed by atoms with van der Waals surface area (Å²) in [6.45, 7) is 1.93. The molecule has 0 spiro atoms. The number of hydrogen-bond donors (Lipinski definition) is 1. The molecule has 0 aromatic heterocycles. The Balaban J connectivity index is 2.51. The van der Waals surface area contributed by atoms with Crippen LogP contribution in [-0.4, -0.2) is 11.1 Å². The van der Waals surface area contributed by atoms with Gasteiger partial charge in [0, 0.05) is 0 Å². The van der Waals surface area contributed by atoms with Gasteiger partial charge in [-0.25, -0.2) is 0 Å². The maximum absolute atomic E-state index is 11.7. The maximum Gasteiger partial charge on any atom is 0.314 e. The summed E-state index contributed by atoms with van der Waals surface area (Å²) in [7, 11) is 0. The van der Waals surface area contributed by atoms with Gasteiger partial charge < -0.3 is 5.11 Å². The first-order valence-corrected chi connectivity index (χ1v) is 6.13. The van der Waals surface area contributed by atoms with Gasteiger partial charge in [0.05, 0.1) is 5.41 Å². The molecule has 17 heavy (non-hydrogen) atoms. The molecule has 1 aliphatic rings. The Bertz CT molecular complexity index is 448. The van der Waals surface area contributed by atoms with Crippen LogP contribution in [0, 0.1) is 0 Å². The first-order valence-electron chi connectivity index (χ1n) is 6.13. The smallest absolute Gasteiger partial charge is 0.314 e. The third-order valence-corrected chi connectivity index (χ3v) is 3.69. The number of rotatable bonds is 3. The molecule has 0 saturated carbocycles. The number of hydrogen-bond acceptors (Lipinski definition) is 1. The number of benzene rings is 1. The highest BCUT2D eigenvalue weighted by Gasteiger charge is 2.42. The summed E-state index contributed by atoms with van der Waals surface area (Å²) in [6.07, 6.45) is 7.19. The quantitative estimate of drug-likeness (QED) is 0.809. The summed E-state index contributed by atoms with van der Waals surface area (Å²) in [5, 5.41) is 9.63. The summed E-state index contributed by atoms with van der Waals surface area (Å²) in [4.78, 5) is 11.7. The van der Waals surface area contributed by atoms with Crippen LogP contribution in [-0.2, 0) is 16.6 Å². The first-order chi connectivity index (χ1) is 8.20. The number of aryl methyl sites for hydroxylation is 1. The second kappa shape index (κ2) is 4.74. The molecule has 0 radical (unpaired) electrons. The number of carboxylic acid groups (broad SMARTS) is 1. The van der Waals surface area contributed by atoms with E-state index in [-0.39, 0.29) is 0 Å². The van der Waals surface area contributed by atoms with Crippen molar-refractivity contribution in [2.75, 3.05) is 0 Å². The highest BCUT2D eigenvalue weighted by Crippen LogP contribution is 2.40. The number of carbonyl (C=O) groups is 1. The molecule has 1 aromatic rings. The Hall–Kier alpha value is -1.57. The summed E-state index contributed by atoms with van der Waals surface area (Å²) in [5.41, 5.74) is 1.50. The van der Waals surface area contributed by atoms with Gasteiger partial charge in [0.15, 0.2) is 0 Å². The van der Waals surface area contributed by atoms with E-state index in [1.165, 1.54) is 5.56 Å². The zero-order chi connectivity index (χ0) is 12.3. The van der Waals surface area contributed by atoms with Crippen LogP contribution >= 0.6 is 0 Å². The van der Waals surface area contributed by atoms with E-state index >= 15 is 0 Å². The highest BCUT2D eigenvalue weighted by atomic mass is 16.4. The maximum atomic E-state index is 11.7. The standard InChI is InChI=1S/C15H18O2/c1-2-3-10-15(14(16)17)11-6-8-12-7-4-5-9-13(12)15/h2-5,7,9H,6,8,10-11H2,1H3,(H,16,17). The largest absolute Gasteiger partial charge is 0.481 e. The van der Waals surface area contributed by atoms with Crippen LogP contribution < -0.4 is 0 Å². The summed E-state index contributed by atoms with van der Waals surface area (Å²) < 4.78 is 0. The average molecular weight is 230 g/mol. The normalized spacial score (nSPS) is 23.6. The number of carboxylic acids is 1. The number of aliphatic carboxylic acids is 1. The fourth-order valence-corrected chi connectivity index (χ4v) is 2.76. The zero-order valence-electron chi connectivity index (χ0n) is 10.1. The van der Waals surface area contributed by atoms with Gasteiger partial charge in [-0.3, -0.25) is 4.79 Å². The molecule has 2 heteroatoms. The van der Waals surface area contributed by atoms with Crippen molar-refractivity contribution in [1.29, 1.82) is 0 Å². The van der Waals surface area contributed by atoms with E-state index in [1.807, 2.05) is 37.3 Å². The first kappa shape index (κ1) is 11.9. The molecule has 1 N–H and O–H groups in total. The minimum Gasteiger partial charge on any atom is -0.481 e. The van der Waals surface area contributed by atoms with Crippen LogP contribution in [0.3, 0.4) is 0 Å². The molecule has 1 aliphatic carbocycles. The lowest BCUT2D eigenvalue weighted by Crippen LogP contribution is -2.38. The molecular formula is C15H18O2. The molecule has 2 nitrogen and oxygen atoms in total. The van der Waals surface area contributed by atoms with Crippen LogP contribution in [0.4, 0.5) is 0 Å². The molecule has 2 rings (SSSR count). The predicted octanol–water partition coefficient (Wildman–Crippen LogP) is 3.31. The van der Waals surface area contributed by atoms with Gasteiger partial charge in [-0.1, -0.05) is 36.4 Å². The van der Waals surface area contributed by atoms with Crippen LogP contribution in [0.25, 0.3) is 0 Å².